The van der Waals surface area contributed by atoms with Crippen LogP contribution in [0.1, 0.15) is 31.1 Å². The van der Waals surface area contributed by atoms with E-state index in [1.54, 1.807) is 18.7 Å². The van der Waals surface area contributed by atoms with E-state index >= 15 is 0 Å². The van der Waals surface area contributed by atoms with Crippen molar-refractivity contribution in [3.05, 3.63) is 61.0 Å². The predicted molar refractivity (Wildman–Crippen MR) is 108 cm³/mol. The maximum atomic E-state index is 5.62. The zero-order valence-electron chi connectivity index (χ0n) is 15.9. The Morgan fingerprint density at radius 2 is 1.93 bits per heavy atom. The highest BCUT2D eigenvalue weighted by molar-refractivity contribution is 5.89. The first-order valence-corrected chi connectivity index (χ1v) is 10.0. The number of fused-ring (bicyclic) bond motifs is 1. The van der Waals surface area contributed by atoms with Gasteiger partial charge in [0.25, 0.3) is 0 Å². The highest BCUT2D eigenvalue weighted by Crippen LogP contribution is 2.64. The van der Waals surface area contributed by atoms with Gasteiger partial charge in [-0.1, -0.05) is 17.3 Å². The molecule has 1 spiro atoms. The highest BCUT2D eigenvalue weighted by Gasteiger charge is 2.58. The quantitative estimate of drug-likeness (QED) is 0.531. The van der Waals surface area contributed by atoms with Gasteiger partial charge in [0.15, 0.2) is 0 Å². The zero-order valence-corrected chi connectivity index (χ0v) is 15.9. The number of aromatic nitrogens is 5. The zero-order chi connectivity index (χ0) is 19.3. The van der Waals surface area contributed by atoms with Gasteiger partial charge in [0.2, 0.25) is 11.7 Å². The average Bonchev–Trinajstić information content (AvgIpc) is 3.25. The van der Waals surface area contributed by atoms with Crippen LogP contribution in [0.5, 0.6) is 0 Å². The first kappa shape index (κ1) is 16.6. The van der Waals surface area contributed by atoms with E-state index in [4.69, 9.17) is 4.52 Å². The van der Waals surface area contributed by atoms with Crippen molar-refractivity contribution in [1.82, 2.24) is 25.1 Å². The first-order valence-electron chi connectivity index (χ1n) is 10.0. The molecule has 7 nitrogen and oxygen atoms in total. The lowest BCUT2D eigenvalue weighted by molar-refractivity contribution is 0.326. The largest absolute Gasteiger partial charge is 0.356 e. The van der Waals surface area contributed by atoms with Crippen LogP contribution in [-0.4, -0.2) is 38.2 Å². The second-order valence-corrected chi connectivity index (χ2v) is 8.02. The van der Waals surface area contributed by atoms with E-state index in [9.17, 15) is 0 Å². The lowest BCUT2D eigenvalue weighted by Gasteiger charge is -2.33. The molecule has 4 heterocycles. The van der Waals surface area contributed by atoms with Gasteiger partial charge in [-0.25, -0.2) is 9.97 Å². The van der Waals surface area contributed by atoms with Crippen molar-refractivity contribution in [2.24, 2.45) is 5.41 Å². The molecule has 2 fully saturated rings. The Bertz CT molecular complexity index is 1160. The minimum absolute atomic E-state index is 0.290. The molecular weight excluding hydrogens is 364 g/mol. The molecule has 0 radical (unpaired) electrons. The normalized spacial score (nSPS) is 20.3. The third kappa shape index (κ3) is 2.76. The van der Waals surface area contributed by atoms with Crippen LogP contribution in [0.2, 0.25) is 0 Å². The fourth-order valence-corrected chi connectivity index (χ4v) is 4.64. The van der Waals surface area contributed by atoms with Gasteiger partial charge < -0.3 is 9.42 Å². The molecule has 1 saturated carbocycles. The van der Waals surface area contributed by atoms with Gasteiger partial charge in [0.1, 0.15) is 12.1 Å². The monoisotopic (exact) mass is 384 g/mol. The van der Waals surface area contributed by atoms with E-state index in [-0.39, 0.29) is 5.41 Å². The van der Waals surface area contributed by atoms with Crippen LogP contribution in [0.4, 0.5) is 5.82 Å². The van der Waals surface area contributed by atoms with Gasteiger partial charge in [-0.2, -0.15) is 4.98 Å². The summed E-state index contributed by atoms with van der Waals surface area (Å²) in [4.78, 5) is 20.1. The second kappa shape index (κ2) is 6.34. The molecule has 0 amide bonds. The molecule has 4 aromatic rings. The molecule has 3 aromatic heterocycles. The van der Waals surface area contributed by atoms with Crippen molar-refractivity contribution >= 4 is 16.7 Å². The summed E-state index contributed by atoms with van der Waals surface area (Å²) in [7, 11) is 0. The number of hydrogen-bond acceptors (Lipinski definition) is 7. The second-order valence-electron chi connectivity index (χ2n) is 8.02. The van der Waals surface area contributed by atoms with Crippen molar-refractivity contribution in [2.45, 2.75) is 25.2 Å². The Hall–Kier alpha value is -3.35. The summed E-state index contributed by atoms with van der Waals surface area (Å²) in [6.45, 7) is 1.97. The van der Waals surface area contributed by atoms with Gasteiger partial charge in [-0.3, -0.25) is 4.98 Å². The van der Waals surface area contributed by atoms with E-state index < -0.39 is 0 Å². The van der Waals surface area contributed by atoms with Crippen LogP contribution in [-0.2, 0) is 0 Å². The average molecular weight is 384 g/mol. The Balaban J connectivity index is 1.18. The van der Waals surface area contributed by atoms with Gasteiger partial charge in [-0.15, -0.1) is 0 Å². The van der Waals surface area contributed by atoms with E-state index in [1.807, 2.05) is 30.3 Å². The number of hydrogen-bond donors (Lipinski definition) is 0. The fourth-order valence-electron chi connectivity index (χ4n) is 4.64. The molecule has 0 unspecified atom stereocenters. The number of para-hydroxylation sites is 1. The third-order valence-electron chi connectivity index (χ3n) is 6.43. The summed E-state index contributed by atoms with van der Waals surface area (Å²) in [5.74, 6) is 2.80. The first-order chi connectivity index (χ1) is 14.3. The molecule has 1 saturated heterocycles. The van der Waals surface area contributed by atoms with Gasteiger partial charge >= 0.3 is 0 Å². The van der Waals surface area contributed by atoms with Crippen LogP contribution in [0.3, 0.4) is 0 Å². The standard InChI is InChI=1S/C22H20N6O/c1-2-6-18-16(5-1)20(25-14-24-18)28-10-7-22(8-11-28)12-17(22)21-26-19(27-29-21)15-4-3-9-23-13-15/h1-6,9,13-14,17H,7-8,10-12H2/t17-/m1/s1. The van der Waals surface area contributed by atoms with Crippen LogP contribution < -0.4 is 4.90 Å². The van der Waals surface area contributed by atoms with Crippen LogP contribution in [0.15, 0.2) is 59.6 Å². The molecule has 0 bridgehead atoms. The molecule has 6 rings (SSSR count). The van der Waals surface area contributed by atoms with Gasteiger partial charge in [-0.05, 0) is 48.9 Å². The van der Waals surface area contributed by atoms with E-state index in [0.717, 1.165) is 60.5 Å². The SMILES string of the molecule is c1cncc(-c2noc([C@H]3CC34CCN(c3ncnc5ccccc35)CC4)n2)c1. The summed E-state index contributed by atoms with van der Waals surface area (Å²) in [5.41, 5.74) is 2.18. The van der Waals surface area contributed by atoms with E-state index in [0.29, 0.717) is 11.7 Å². The number of nitrogens with zero attached hydrogens (tertiary/aromatic N) is 6. The molecule has 2 aliphatic rings. The maximum absolute atomic E-state index is 5.62. The number of pyridine rings is 1. The number of piperidine rings is 1. The highest BCUT2D eigenvalue weighted by atomic mass is 16.5. The molecule has 1 aliphatic heterocycles. The molecule has 7 heteroatoms. The molecule has 1 aromatic carbocycles. The van der Waals surface area contributed by atoms with Crippen LogP contribution >= 0.6 is 0 Å². The fraction of sp³-hybridized carbons (Fsp3) is 0.318. The van der Waals surface area contributed by atoms with Crippen LogP contribution in [0.25, 0.3) is 22.3 Å². The maximum Gasteiger partial charge on any atom is 0.230 e. The number of rotatable bonds is 3. The van der Waals surface area contributed by atoms with Gasteiger partial charge in [0.05, 0.1) is 5.52 Å². The van der Waals surface area contributed by atoms with Crippen molar-refractivity contribution in [2.75, 3.05) is 18.0 Å². The van der Waals surface area contributed by atoms with Crippen molar-refractivity contribution < 1.29 is 4.52 Å². The molecule has 29 heavy (non-hydrogen) atoms. The molecule has 0 N–H and O–H groups in total. The lowest BCUT2D eigenvalue weighted by Crippen LogP contribution is -2.35. The topological polar surface area (TPSA) is 80.8 Å². The van der Waals surface area contributed by atoms with Gasteiger partial charge in [0, 0.05) is 42.4 Å². The van der Waals surface area contributed by atoms with Crippen molar-refractivity contribution in [3.63, 3.8) is 0 Å². The smallest absolute Gasteiger partial charge is 0.230 e. The number of anilines is 1. The summed E-state index contributed by atoms with van der Waals surface area (Å²) in [6, 6.07) is 12.0. The third-order valence-corrected chi connectivity index (χ3v) is 6.43. The Morgan fingerprint density at radius 1 is 1.03 bits per heavy atom. The van der Waals surface area contributed by atoms with E-state index in [2.05, 4.69) is 36.1 Å². The lowest BCUT2D eigenvalue weighted by atomic mass is 9.90. The Morgan fingerprint density at radius 3 is 2.79 bits per heavy atom. The summed E-state index contributed by atoms with van der Waals surface area (Å²) in [5, 5.41) is 5.29. The predicted octanol–water partition coefficient (Wildman–Crippen LogP) is 3.85. The summed E-state index contributed by atoms with van der Waals surface area (Å²) >= 11 is 0. The minimum atomic E-state index is 0.290. The molecule has 144 valence electrons. The van der Waals surface area contributed by atoms with Crippen LogP contribution in [0, 0.1) is 5.41 Å². The molecule has 1 aliphatic carbocycles. The Kier molecular flexibility index (Phi) is 3.62. The summed E-state index contributed by atoms with van der Waals surface area (Å²) in [6.07, 6.45) is 8.53. The molecule has 1 atom stereocenters. The van der Waals surface area contributed by atoms with Crippen molar-refractivity contribution in [3.8, 4) is 11.4 Å². The van der Waals surface area contributed by atoms with Crippen molar-refractivity contribution in [1.29, 1.82) is 0 Å². The van der Waals surface area contributed by atoms with E-state index in [1.165, 1.54) is 0 Å². The Labute approximate surface area is 167 Å². The molecular formula is C22H20N6O. The number of benzene rings is 1. The summed E-state index contributed by atoms with van der Waals surface area (Å²) < 4.78 is 5.62. The minimum Gasteiger partial charge on any atom is -0.356 e.